The Bertz CT molecular complexity index is 292. The minimum absolute atomic E-state index is 0.0699. The molecule has 3 nitrogen and oxygen atoms in total. The van der Waals surface area contributed by atoms with E-state index in [0.717, 1.165) is 5.56 Å². The Labute approximate surface area is 78.3 Å². The molecule has 13 heavy (non-hydrogen) atoms. The fraction of sp³-hybridized carbons (Fsp3) is 0.500. The van der Waals surface area contributed by atoms with Crippen molar-refractivity contribution in [2.24, 2.45) is 0 Å². The highest BCUT2D eigenvalue weighted by molar-refractivity contribution is 5.14. The van der Waals surface area contributed by atoms with Gasteiger partial charge in [-0.2, -0.15) is 0 Å². The van der Waals surface area contributed by atoms with Crippen molar-refractivity contribution in [1.82, 2.24) is 10.0 Å². The Balaban J connectivity index is 2.09. The number of hydrogen-bond acceptors (Lipinski definition) is 3. The molecule has 2 heterocycles. The summed E-state index contributed by atoms with van der Waals surface area (Å²) in [5.41, 5.74) is 1.19. The van der Waals surface area contributed by atoms with E-state index in [9.17, 15) is 0 Å². The molecule has 1 aromatic heterocycles. The van der Waals surface area contributed by atoms with Crippen molar-refractivity contribution in [3.63, 3.8) is 0 Å². The lowest BCUT2D eigenvalue weighted by Gasteiger charge is -2.16. The summed E-state index contributed by atoms with van der Waals surface area (Å²) >= 11 is 0. The molecule has 0 N–H and O–H groups in total. The van der Waals surface area contributed by atoms with Gasteiger partial charge in [0.25, 0.3) is 0 Å². The van der Waals surface area contributed by atoms with Gasteiger partial charge in [-0.05, 0) is 26.8 Å². The molecule has 2 atom stereocenters. The van der Waals surface area contributed by atoms with Crippen LogP contribution in [0.2, 0.25) is 0 Å². The van der Waals surface area contributed by atoms with Gasteiger partial charge in [0.2, 0.25) is 0 Å². The maximum Gasteiger partial charge on any atom is 0.182 e. The predicted octanol–water partition coefficient (Wildman–Crippen LogP) is 2.13. The molecule has 1 fully saturated rings. The predicted molar refractivity (Wildman–Crippen MR) is 49.7 cm³/mol. The molecular weight excluding hydrogens is 164 g/mol. The van der Waals surface area contributed by atoms with Gasteiger partial charge in [-0.25, -0.2) is 0 Å². The Morgan fingerprint density at radius 1 is 1.46 bits per heavy atom. The first-order chi connectivity index (χ1) is 6.09. The highest BCUT2D eigenvalue weighted by Crippen LogP contribution is 2.42. The second kappa shape index (κ2) is 2.79. The van der Waals surface area contributed by atoms with E-state index in [2.05, 4.69) is 25.8 Å². The SMILES string of the molecule is CC(C)(C)N1O[C@H]1c1cccnc1. The number of rotatable bonds is 1. The summed E-state index contributed by atoms with van der Waals surface area (Å²) in [7, 11) is 0. The number of pyridine rings is 1. The van der Waals surface area contributed by atoms with Gasteiger partial charge in [0.1, 0.15) is 0 Å². The molecule has 0 radical (unpaired) electrons. The molecule has 1 aliphatic rings. The lowest BCUT2D eigenvalue weighted by molar-refractivity contribution is 0.101. The zero-order chi connectivity index (χ0) is 9.47. The topological polar surface area (TPSA) is 28.4 Å². The molecule has 1 aromatic rings. The standard InChI is InChI=1S/C10H14N2O/c1-10(2,3)12-9(13-12)8-5-4-6-11-7-8/h4-7,9H,1-3H3/t9-,12?/m0/s1. The molecule has 1 unspecified atom stereocenters. The van der Waals surface area contributed by atoms with Gasteiger partial charge < -0.3 is 0 Å². The maximum atomic E-state index is 5.46. The van der Waals surface area contributed by atoms with E-state index in [-0.39, 0.29) is 11.8 Å². The quantitative estimate of drug-likeness (QED) is 0.617. The van der Waals surface area contributed by atoms with Gasteiger partial charge in [0.05, 0.1) is 0 Å². The molecule has 0 amide bonds. The molecule has 1 aliphatic heterocycles. The summed E-state index contributed by atoms with van der Waals surface area (Å²) in [6, 6.07) is 3.96. The number of hydrogen-bond donors (Lipinski definition) is 0. The van der Waals surface area contributed by atoms with Crippen molar-refractivity contribution in [3.05, 3.63) is 30.1 Å². The van der Waals surface area contributed by atoms with Crippen LogP contribution >= 0.6 is 0 Å². The summed E-state index contributed by atoms with van der Waals surface area (Å²) in [6.45, 7) is 6.39. The van der Waals surface area contributed by atoms with Gasteiger partial charge in [0.15, 0.2) is 6.23 Å². The van der Waals surface area contributed by atoms with Gasteiger partial charge in [-0.3, -0.25) is 9.82 Å². The summed E-state index contributed by atoms with van der Waals surface area (Å²) in [5.74, 6) is 0. The van der Waals surface area contributed by atoms with Gasteiger partial charge in [-0.15, -0.1) is 5.06 Å². The first-order valence-electron chi connectivity index (χ1n) is 4.45. The van der Waals surface area contributed by atoms with E-state index < -0.39 is 0 Å². The Kier molecular flexibility index (Phi) is 1.86. The van der Waals surface area contributed by atoms with Crippen molar-refractivity contribution in [2.45, 2.75) is 32.5 Å². The smallest absolute Gasteiger partial charge is 0.182 e. The van der Waals surface area contributed by atoms with Crippen LogP contribution < -0.4 is 0 Å². The van der Waals surface area contributed by atoms with E-state index >= 15 is 0 Å². The van der Waals surface area contributed by atoms with Crippen LogP contribution in [-0.2, 0) is 4.84 Å². The van der Waals surface area contributed by atoms with Crippen LogP contribution in [-0.4, -0.2) is 15.6 Å². The van der Waals surface area contributed by atoms with E-state index in [4.69, 9.17) is 4.84 Å². The van der Waals surface area contributed by atoms with E-state index in [1.54, 1.807) is 6.20 Å². The van der Waals surface area contributed by atoms with E-state index in [1.165, 1.54) is 0 Å². The Hall–Kier alpha value is -0.930. The minimum atomic E-state index is 0.0699. The number of nitrogens with zero attached hydrogens (tertiary/aromatic N) is 2. The molecule has 70 valence electrons. The normalized spacial score (nSPS) is 27.3. The summed E-state index contributed by atoms with van der Waals surface area (Å²) in [6.07, 6.45) is 3.72. The fourth-order valence-electron chi connectivity index (χ4n) is 1.31. The third-order valence-corrected chi connectivity index (χ3v) is 2.01. The van der Waals surface area contributed by atoms with Crippen molar-refractivity contribution < 1.29 is 4.84 Å². The zero-order valence-corrected chi connectivity index (χ0v) is 8.19. The van der Waals surface area contributed by atoms with Crippen molar-refractivity contribution in [2.75, 3.05) is 0 Å². The monoisotopic (exact) mass is 178 g/mol. The van der Waals surface area contributed by atoms with Crippen molar-refractivity contribution in [3.8, 4) is 0 Å². The largest absolute Gasteiger partial charge is 0.269 e. The van der Waals surface area contributed by atoms with Gasteiger partial charge in [0, 0.05) is 23.5 Å². The molecule has 2 rings (SSSR count). The molecular formula is C10H14N2O. The van der Waals surface area contributed by atoms with Crippen molar-refractivity contribution in [1.29, 1.82) is 0 Å². The summed E-state index contributed by atoms with van der Waals surface area (Å²) in [4.78, 5) is 9.52. The van der Waals surface area contributed by atoms with Gasteiger partial charge in [-0.1, -0.05) is 6.07 Å². The molecule has 0 bridgehead atoms. The average Bonchev–Trinajstić information content (AvgIpc) is 2.83. The van der Waals surface area contributed by atoms with Crippen LogP contribution in [0, 0.1) is 0 Å². The van der Waals surface area contributed by atoms with Crippen LogP contribution in [0.3, 0.4) is 0 Å². The molecule has 0 spiro atoms. The fourth-order valence-corrected chi connectivity index (χ4v) is 1.31. The second-order valence-electron chi connectivity index (χ2n) is 4.24. The van der Waals surface area contributed by atoms with Gasteiger partial charge >= 0.3 is 0 Å². The van der Waals surface area contributed by atoms with Crippen LogP contribution in [0.15, 0.2) is 24.5 Å². The third kappa shape index (κ3) is 1.71. The average molecular weight is 178 g/mol. The molecule has 0 saturated carbocycles. The minimum Gasteiger partial charge on any atom is -0.269 e. The molecule has 1 saturated heterocycles. The van der Waals surface area contributed by atoms with Crippen LogP contribution in [0.1, 0.15) is 32.6 Å². The van der Waals surface area contributed by atoms with E-state index in [0.29, 0.717) is 0 Å². The first-order valence-corrected chi connectivity index (χ1v) is 4.45. The Morgan fingerprint density at radius 3 is 2.69 bits per heavy atom. The van der Waals surface area contributed by atoms with E-state index in [1.807, 2.05) is 23.4 Å². The molecule has 0 aromatic carbocycles. The lowest BCUT2D eigenvalue weighted by Crippen LogP contribution is -2.25. The number of aromatic nitrogens is 1. The van der Waals surface area contributed by atoms with Crippen LogP contribution in [0.4, 0.5) is 0 Å². The van der Waals surface area contributed by atoms with Crippen LogP contribution in [0.5, 0.6) is 0 Å². The first kappa shape index (κ1) is 8.66. The van der Waals surface area contributed by atoms with Crippen LogP contribution in [0.25, 0.3) is 0 Å². The number of hydroxylamine groups is 2. The second-order valence-corrected chi connectivity index (χ2v) is 4.24. The maximum absolute atomic E-state index is 5.46. The lowest BCUT2D eigenvalue weighted by atomic mass is 10.1. The highest BCUT2D eigenvalue weighted by atomic mass is 16.8. The summed E-state index contributed by atoms with van der Waals surface area (Å²) < 4.78 is 0. The third-order valence-electron chi connectivity index (χ3n) is 2.01. The summed E-state index contributed by atoms with van der Waals surface area (Å²) in [5, 5.41) is 1.98. The molecule has 0 aliphatic carbocycles. The zero-order valence-electron chi connectivity index (χ0n) is 8.19. The van der Waals surface area contributed by atoms with Crippen molar-refractivity contribution >= 4 is 0 Å². The highest BCUT2D eigenvalue weighted by Gasteiger charge is 2.45. The molecule has 3 heteroatoms. The Morgan fingerprint density at radius 2 is 2.23 bits per heavy atom.